The van der Waals surface area contributed by atoms with Crippen molar-refractivity contribution in [3.63, 3.8) is 0 Å². The fourth-order valence-corrected chi connectivity index (χ4v) is 3.41. The summed E-state index contributed by atoms with van der Waals surface area (Å²) in [5, 5.41) is 11.0. The Balaban J connectivity index is 1.87. The Hall–Kier alpha value is -1.26. The van der Waals surface area contributed by atoms with Crippen molar-refractivity contribution in [3.05, 3.63) is 23.8 Å². The van der Waals surface area contributed by atoms with E-state index in [0.29, 0.717) is 13.2 Å². The molecule has 0 amide bonds. The molecule has 2 atom stereocenters. The van der Waals surface area contributed by atoms with Gasteiger partial charge in [0.05, 0.1) is 6.10 Å². The third-order valence-electron chi connectivity index (χ3n) is 5.02. The van der Waals surface area contributed by atoms with Crippen LogP contribution in [-0.4, -0.2) is 41.8 Å². The number of nitrogens with zero attached hydrogens (tertiary/aromatic N) is 1. The minimum Gasteiger partial charge on any atom is -0.486 e. The Labute approximate surface area is 126 Å². The van der Waals surface area contributed by atoms with Gasteiger partial charge in [0, 0.05) is 5.54 Å². The summed E-state index contributed by atoms with van der Waals surface area (Å²) >= 11 is 0. The van der Waals surface area contributed by atoms with Gasteiger partial charge in [0.1, 0.15) is 13.2 Å². The van der Waals surface area contributed by atoms with E-state index in [1.54, 1.807) is 0 Å². The predicted octanol–water partition coefficient (Wildman–Crippen LogP) is 2.76. The molecule has 1 aromatic carbocycles. The SMILES string of the molecule is CCC(C)(C(O)c1ccc2c(c1)OCCO2)N1CCCC1. The molecule has 2 aliphatic heterocycles. The number of fused-ring (bicyclic) bond motifs is 1. The maximum Gasteiger partial charge on any atom is 0.161 e. The summed E-state index contributed by atoms with van der Waals surface area (Å²) in [5.74, 6) is 1.52. The Morgan fingerprint density at radius 3 is 2.52 bits per heavy atom. The van der Waals surface area contributed by atoms with Crippen molar-refractivity contribution < 1.29 is 14.6 Å². The van der Waals surface area contributed by atoms with Gasteiger partial charge in [-0.15, -0.1) is 0 Å². The lowest BCUT2D eigenvalue weighted by atomic mass is 9.85. The number of hydrogen-bond donors (Lipinski definition) is 1. The van der Waals surface area contributed by atoms with Crippen LogP contribution in [0.25, 0.3) is 0 Å². The van der Waals surface area contributed by atoms with Gasteiger partial charge in [-0.3, -0.25) is 4.90 Å². The zero-order chi connectivity index (χ0) is 14.9. The smallest absolute Gasteiger partial charge is 0.161 e. The molecule has 1 fully saturated rings. The summed E-state index contributed by atoms with van der Waals surface area (Å²) in [6, 6.07) is 5.80. The highest BCUT2D eigenvalue weighted by atomic mass is 16.6. The highest BCUT2D eigenvalue weighted by Crippen LogP contribution is 2.39. The number of ether oxygens (including phenoxy) is 2. The minimum atomic E-state index is -0.517. The van der Waals surface area contributed by atoms with Crippen LogP contribution in [0.1, 0.15) is 44.8 Å². The molecule has 3 rings (SSSR count). The molecule has 4 nitrogen and oxygen atoms in total. The summed E-state index contributed by atoms with van der Waals surface area (Å²) < 4.78 is 11.2. The van der Waals surface area contributed by atoms with E-state index in [2.05, 4.69) is 18.7 Å². The topological polar surface area (TPSA) is 41.9 Å². The van der Waals surface area contributed by atoms with Gasteiger partial charge in [-0.1, -0.05) is 13.0 Å². The Morgan fingerprint density at radius 1 is 1.19 bits per heavy atom. The van der Waals surface area contributed by atoms with Gasteiger partial charge >= 0.3 is 0 Å². The molecule has 116 valence electrons. The summed E-state index contributed by atoms with van der Waals surface area (Å²) in [6.45, 7) is 7.64. The summed E-state index contributed by atoms with van der Waals surface area (Å²) in [5.41, 5.74) is 0.691. The second-order valence-corrected chi connectivity index (χ2v) is 6.21. The molecule has 0 saturated carbocycles. The quantitative estimate of drug-likeness (QED) is 0.926. The highest BCUT2D eigenvalue weighted by molar-refractivity contribution is 5.45. The Kier molecular flexibility index (Phi) is 4.09. The lowest BCUT2D eigenvalue weighted by molar-refractivity contribution is -0.0142. The van der Waals surface area contributed by atoms with Gasteiger partial charge in [-0.05, 0) is 57.0 Å². The first-order valence-electron chi connectivity index (χ1n) is 7.98. The van der Waals surface area contributed by atoms with Crippen LogP contribution in [0.5, 0.6) is 11.5 Å². The molecule has 0 aromatic heterocycles. The van der Waals surface area contributed by atoms with Crippen LogP contribution in [0.4, 0.5) is 0 Å². The first kappa shape index (κ1) is 14.7. The molecule has 1 saturated heterocycles. The van der Waals surface area contributed by atoms with Crippen LogP contribution >= 0.6 is 0 Å². The molecule has 0 spiro atoms. The molecule has 21 heavy (non-hydrogen) atoms. The van der Waals surface area contributed by atoms with Crippen LogP contribution in [0, 0.1) is 0 Å². The van der Waals surface area contributed by atoms with Crippen molar-refractivity contribution in [1.29, 1.82) is 0 Å². The van der Waals surface area contributed by atoms with Crippen LogP contribution in [0.3, 0.4) is 0 Å². The number of benzene rings is 1. The lowest BCUT2D eigenvalue weighted by Crippen LogP contribution is -2.48. The van der Waals surface area contributed by atoms with E-state index in [-0.39, 0.29) is 5.54 Å². The third kappa shape index (κ3) is 2.62. The van der Waals surface area contributed by atoms with E-state index in [1.165, 1.54) is 12.8 Å². The van der Waals surface area contributed by atoms with Gasteiger partial charge in [-0.25, -0.2) is 0 Å². The largest absolute Gasteiger partial charge is 0.486 e. The minimum absolute atomic E-state index is 0.222. The Bertz CT molecular complexity index is 499. The van der Waals surface area contributed by atoms with E-state index in [1.807, 2.05) is 18.2 Å². The molecular formula is C17H25NO3. The normalized spacial score (nSPS) is 22.8. The van der Waals surface area contributed by atoms with E-state index in [9.17, 15) is 5.11 Å². The van der Waals surface area contributed by atoms with E-state index >= 15 is 0 Å². The van der Waals surface area contributed by atoms with Gasteiger partial charge in [0.2, 0.25) is 0 Å². The summed E-state index contributed by atoms with van der Waals surface area (Å²) in [7, 11) is 0. The average Bonchev–Trinajstić information content (AvgIpc) is 3.08. The molecule has 2 heterocycles. The van der Waals surface area contributed by atoms with Crippen molar-refractivity contribution in [3.8, 4) is 11.5 Å². The van der Waals surface area contributed by atoms with Crippen molar-refractivity contribution in [2.75, 3.05) is 26.3 Å². The fraction of sp³-hybridized carbons (Fsp3) is 0.647. The molecule has 0 radical (unpaired) electrons. The number of likely N-dealkylation sites (tertiary alicyclic amines) is 1. The third-order valence-corrected chi connectivity index (χ3v) is 5.02. The van der Waals surface area contributed by atoms with Crippen molar-refractivity contribution in [2.45, 2.75) is 44.8 Å². The van der Waals surface area contributed by atoms with Crippen LogP contribution in [0.15, 0.2) is 18.2 Å². The van der Waals surface area contributed by atoms with E-state index in [4.69, 9.17) is 9.47 Å². The van der Waals surface area contributed by atoms with Crippen molar-refractivity contribution in [2.24, 2.45) is 0 Å². The fourth-order valence-electron chi connectivity index (χ4n) is 3.41. The van der Waals surface area contributed by atoms with Crippen molar-refractivity contribution >= 4 is 0 Å². The zero-order valence-electron chi connectivity index (χ0n) is 13.0. The molecule has 2 unspecified atom stereocenters. The first-order valence-corrected chi connectivity index (χ1v) is 7.98. The van der Waals surface area contributed by atoms with Crippen LogP contribution < -0.4 is 9.47 Å². The Morgan fingerprint density at radius 2 is 1.86 bits per heavy atom. The highest BCUT2D eigenvalue weighted by Gasteiger charge is 2.39. The maximum atomic E-state index is 11.0. The monoisotopic (exact) mass is 291 g/mol. The summed E-state index contributed by atoms with van der Waals surface area (Å²) in [4.78, 5) is 2.43. The summed E-state index contributed by atoms with van der Waals surface area (Å²) in [6.07, 6.45) is 2.85. The molecule has 1 aromatic rings. The van der Waals surface area contributed by atoms with Gasteiger partial charge < -0.3 is 14.6 Å². The number of rotatable bonds is 4. The molecule has 0 bridgehead atoms. The number of aliphatic hydroxyl groups excluding tert-OH is 1. The van der Waals surface area contributed by atoms with Crippen LogP contribution in [-0.2, 0) is 0 Å². The molecular weight excluding hydrogens is 266 g/mol. The van der Waals surface area contributed by atoms with Gasteiger partial charge in [-0.2, -0.15) is 0 Å². The number of aliphatic hydroxyl groups is 1. The maximum absolute atomic E-state index is 11.0. The van der Waals surface area contributed by atoms with Gasteiger partial charge in [0.25, 0.3) is 0 Å². The van der Waals surface area contributed by atoms with E-state index in [0.717, 1.165) is 36.6 Å². The van der Waals surface area contributed by atoms with Gasteiger partial charge in [0.15, 0.2) is 11.5 Å². The van der Waals surface area contributed by atoms with Crippen LogP contribution in [0.2, 0.25) is 0 Å². The second-order valence-electron chi connectivity index (χ2n) is 6.21. The number of hydrogen-bond acceptors (Lipinski definition) is 4. The molecule has 4 heteroatoms. The lowest BCUT2D eigenvalue weighted by Gasteiger charge is -2.42. The van der Waals surface area contributed by atoms with Crippen molar-refractivity contribution in [1.82, 2.24) is 4.90 Å². The molecule has 0 aliphatic carbocycles. The average molecular weight is 291 g/mol. The second kappa shape index (κ2) is 5.85. The first-order chi connectivity index (χ1) is 10.1. The standard InChI is InChI=1S/C17H25NO3/c1-3-17(2,18-8-4-5-9-18)16(19)13-6-7-14-15(12-13)21-11-10-20-14/h6-7,12,16,19H,3-5,8-11H2,1-2H3. The molecule has 1 N–H and O–H groups in total. The van der Waals surface area contributed by atoms with E-state index < -0.39 is 6.10 Å². The zero-order valence-corrected chi connectivity index (χ0v) is 13.0. The predicted molar refractivity (Wildman–Crippen MR) is 81.9 cm³/mol. The molecule has 2 aliphatic rings.